The molecule has 0 saturated carbocycles. The van der Waals surface area contributed by atoms with Crippen molar-refractivity contribution in [3.05, 3.63) is 70.2 Å². The lowest BCUT2D eigenvalue weighted by molar-refractivity contribution is -0.0501. The minimum Gasteiger partial charge on any atom is -0.387 e. The van der Waals surface area contributed by atoms with Crippen LogP contribution in [0.1, 0.15) is 35.6 Å². The number of piperidine rings is 1. The molecule has 1 fully saturated rings. The average Bonchev–Trinajstić information content (AvgIpc) is 2.93. The number of halogens is 1. The van der Waals surface area contributed by atoms with Crippen LogP contribution in [0.15, 0.2) is 48.5 Å². The van der Waals surface area contributed by atoms with Gasteiger partial charge in [-0.3, -0.25) is 4.90 Å². The van der Waals surface area contributed by atoms with Crippen LogP contribution in [-0.4, -0.2) is 34.2 Å². The molecule has 1 aliphatic carbocycles. The van der Waals surface area contributed by atoms with E-state index in [2.05, 4.69) is 11.0 Å². The quantitative estimate of drug-likeness (QED) is 0.879. The van der Waals surface area contributed by atoms with Crippen molar-refractivity contribution < 1.29 is 10.2 Å². The highest BCUT2D eigenvalue weighted by molar-refractivity contribution is 6.31. The Morgan fingerprint density at radius 2 is 1.67 bits per heavy atom. The van der Waals surface area contributed by atoms with E-state index in [1.807, 2.05) is 42.5 Å². The van der Waals surface area contributed by atoms with Crippen molar-refractivity contribution in [1.82, 2.24) is 4.90 Å². The minimum absolute atomic E-state index is 0.109. The summed E-state index contributed by atoms with van der Waals surface area (Å²) in [6.07, 6.45) is 1.71. The third-order valence-corrected chi connectivity index (χ3v) is 5.97. The van der Waals surface area contributed by atoms with E-state index in [0.717, 1.165) is 30.6 Å². The van der Waals surface area contributed by atoms with Gasteiger partial charge in [-0.2, -0.15) is 0 Å². The summed E-state index contributed by atoms with van der Waals surface area (Å²) in [5.74, 6) is 0. The summed E-state index contributed by atoms with van der Waals surface area (Å²) >= 11 is 6.28. The molecule has 4 rings (SSSR count). The molecular weight excluding hydrogens is 322 g/mol. The Kier molecular flexibility index (Phi) is 4.13. The van der Waals surface area contributed by atoms with Gasteiger partial charge < -0.3 is 10.2 Å². The van der Waals surface area contributed by atoms with E-state index in [1.54, 1.807) is 0 Å². The molecular formula is C20H22ClNO2. The van der Waals surface area contributed by atoms with Crippen LogP contribution in [0.25, 0.3) is 0 Å². The SMILES string of the molecule is O[C@@H]1c2ccccc2C[C@H]1N1CCC(O)(c2ccccc2Cl)CC1. The minimum atomic E-state index is -0.870. The molecule has 0 bridgehead atoms. The predicted octanol–water partition coefficient (Wildman–Crippen LogP) is 3.28. The Bertz CT molecular complexity index is 740. The zero-order valence-electron chi connectivity index (χ0n) is 13.5. The molecule has 0 aromatic heterocycles. The van der Waals surface area contributed by atoms with Crippen LogP contribution >= 0.6 is 11.6 Å². The molecule has 2 atom stereocenters. The second-order valence-corrected chi connectivity index (χ2v) is 7.37. The maximum Gasteiger partial charge on any atom is 0.0951 e. The van der Waals surface area contributed by atoms with Crippen LogP contribution in [0.4, 0.5) is 0 Å². The van der Waals surface area contributed by atoms with Crippen molar-refractivity contribution in [2.45, 2.75) is 37.0 Å². The number of rotatable bonds is 2. The number of nitrogens with zero attached hydrogens (tertiary/aromatic N) is 1. The van der Waals surface area contributed by atoms with E-state index in [4.69, 9.17) is 11.6 Å². The fraction of sp³-hybridized carbons (Fsp3) is 0.400. The molecule has 2 aromatic rings. The second-order valence-electron chi connectivity index (χ2n) is 6.96. The maximum absolute atomic E-state index is 11.0. The predicted molar refractivity (Wildman–Crippen MR) is 95.0 cm³/mol. The van der Waals surface area contributed by atoms with Gasteiger partial charge in [-0.25, -0.2) is 0 Å². The molecule has 1 aliphatic heterocycles. The van der Waals surface area contributed by atoms with E-state index in [9.17, 15) is 10.2 Å². The summed E-state index contributed by atoms with van der Waals surface area (Å²) in [6, 6.07) is 15.8. The summed E-state index contributed by atoms with van der Waals surface area (Å²) in [6.45, 7) is 1.52. The lowest BCUT2D eigenvalue weighted by Crippen LogP contribution is -2.48. The number of fused-ring (bicyclic) bond motifs is 1. The van der Waals surface area contributed by atoms with Gasteiger partial charge in [0.25, 0.3) is 0 Å². The highest BCUT2D eigenvalue weighted by atomic mass is 35.5. The first kappa shape index (κ1) is 16.1. The first-order valence-corrected chi connectivity index (χ1v) is 8.94. The Hall–Kier alpha value is -1.39. The molecule has 1 saturated heterocycles. The van der Waals surface area contributed by atoms with Crippen LogP contribution in [0.3, 0.4) is 0 Å². The van der Waals surface area contributed by atoms with Gasteiger partial charge in [0.1, 0.15) is 0 Å². The average molecular weight is 344 g/mol. The summed E-state index contributed by atoms with van der Waals surface area (Å²) in [5, 5.41) is 22.3. The van der Waals surface area contributed by atoms with Gasteiger partial charge in [0, 0.05) is 29.7 Å². The molecule has 0 amide bonds. The summed E-state index contributed by atoms with van der Waals surface area (Å²) in [5.41, 5.74) is 2.24. The van der Waals surface area contributed by atoms with Gasteiger partial charge in [0.2, 0.25) is 0 Å². The van der Waals surface area contributed by atoms with Crippen molar-refractivity contribution in [2.75, 3.05) is 13.1 Å². The number of hydrogen-bond donors (Lipinski definition) is 2. The molecule has 0 spiro atoms. The van der Waals surface area contributed by atoms with Crippen molar-refractivity contribution >= 4 is 11.6 Å². The van der Waals surface area contributed by atoms with E-state index >= 15 is 0 Å². The molecule has 24 heavy (non-hydrogen) atoms. The zero-order chi connectivity index (χ0) is 16.7. The maximum atomic E-state index is 11.0. The molecule has 3 nitrogen and oxygen atoms in total. The normalized spacial score (nSPS) is 26.3. The second kappa shape index (κ2) is 6.16. The molecule has 2 aromatic carbocycles. The van der Waals surface area contributed by atoms with E-state index in [1.165, 1.54) is 5.56 Å². The molecule has 0 unspecified atom stereocenters. The first-order valence-electron chi connectivity index (χ1n) is 8.56. The van der Waals surface area contributed by atoms with E-state index in [-0.39, 0.29) is 6.04 Å². The Balaban J connectivity index is 1.49. The van der Waals surface area contributed by atoms with Crippen molar-refractivity contribution in [3.8, 4) is 0 Å². The van der Waals surface area contributed by atoms with Crippen molar-refractivity contribution in [3.63, 3.8) is 0 Å². The highest BCUT2D eigenvalue weighted by Crippen LogP contribution is 2.40. The van der Waals surface area contributed by atoms with Gasteiger partial charge in [0.15, 0.2) is 0 Å². The first-order chi connectivity index (χ1) is 11.6. The third kappa shape index (κ3) is 2.66. The molecule has 2 aliphatic rings. The van der Waals surface area contributed by atoms with Gasteiger partial charge in [-0.15, -0.1) is 0 Å². The molecule has 126 valence electrons. The van der Waals surface area contributed by atoms with Crippen molar-refractivity contribution in [2.24, 2.45) is 0 Å². The largest absolute Gasteiger partial charge is 0.387 e. The zero-order valence-corrected chi connectivity index (χ0v) is 14.3. The Labute approximate surface area is 147 Å². The van der Waals surface area contributed by atoms with Gasteiger partial charge in [-0.1, -0.05) is 54.1 Å². The highest BCUT2D eigenvalue weighted by Gasteiger charge is 2.41. The number of likely N-dealkylation sites (tertiary alicyclic amines) is 1. The van der Waals surface area contributed by atoms with Crippen LogP contribution in [0, 0.1) is 0 Å². The van der Waals surface area contributed by atoms with E-state index < -0.39 is 11.7 Å². The fourth-order valence-electron chi connectivity index (χ4n) is 4.22. The Morgan fingerprint density at radius 3 is 2.38 bits per heavy atom. The van der Waals surface area contributed by atoms with E-state index in [0.29, 0.717) is 17.9 Å². The number of aliphatic hydroxyl groups is 2. The summed E-state index contributed by atoms with van der Waals surface area (Å²) < 4.78 is 0. The standard InChI is InChI=1S/C20H22ClNO2/c21-17-8-4-3-7-16(17)20(24)9-11-22(12-10-20)18-13-14-5-1-2-6-15(14)19(18)23/h1-8,18-19,23-24H,9-13H2/t18-,19-/m1/s1. The molecule has 0 radical (unpaired) electrons. The fourth-order valence-corrected chi connectivity index (χ4v) is 4.53. The molecule has 4 heteroatoms. The number of benzene rings is 2. The number of hydrogen-bond acceptors (Lipinski definition) is 3. The smallest absolute Gasteiger partial charge is 0.0951 e. The summed E-state index contributed by atoms with van der Waals surface area (Å²) in [4.78, 5) is 2.32. The molecule has 1 heterocycles. The van der Waals surface area contributed by atoms with Crippen molar-refractivity contribution in [1.29, 1.82) is 0 Å². The number of aliphatic hydroxyl groups excluding tert-OH is 1. The third-order valence-electron chi connectivity index (χ3n) is 5.64. The van der Waals surface area contributed by atoms with Gasteiger partial charge in [-0.05, 0) is 36.5 Å². The molecule has 2 N–H and O–H groups in total. The van der Waals surface area contributed by atoms with Gasteiger partial charge >= 0.3 is 0 Å². The van der Waals surface area contributed by atoms with Crippen LogP contribution < -0.4 is 0 Å². The Morgan fingerprint density at radius 1 is 1.00 bits per heavy atom. The lowest BCUT2D eigenvalue weighted by Gasteiger charge is -2.42. The summed E-state index contributed by atoms with van der Waals surface area (Å²) in [7, 11) is 0. The van der Waals surface area contributed by atoms with Gasteiger partial charge in [0.05, 0.1) is 11.7 Å². The van der Waals surface area contributed by atoms with Crippen LogP contribution in [0.5, 0.6) is 0 Å². The van der Waals surface area contributed by atoms with Crippen LogP contribution in [-0.2, 0) is 12.0 Å². The lowest BCUT2D eigenvalue weighted by atomic mass is 9.83. The topological polar surface area (TPSA) is 43.7 Å². The monoisotopic (exact) mass is 343 g/mol. The van der Waals surface area contributed by atoms with Crippen LogP contribution in [0.2, 0.25) is 5.02 Å².